The number of hydrogen-bond donors (Lipinski definition) is 3. The van der Waals surface area contributed by atoms with Gasteiger partial charge in [-0.15, -0.1) is 11.3 Å². The van der Waals surface area contributed by atoms with Crippen LogP contribution < -0.4 is 25.2 Å². The van der Waals surface area contributed by atoms with Crippen molar-refractivity contribution in [2.24, 2.45) is 5.41 Å². The molecule has 3 aromatic carbocycles. The number of carbonyl (C=O) groups excluding carboxylic acids is 4. The number of aromatic nitrogens is 2. The largest absolute Gasteiger partial charge is 0.494 e. The Balaban J connectivity index is 0.847. The third-order valence-electron chi connectivity index (χ3n) is 12.5. The Labute approximate surface area is 429 Å². The van der Waals surface area contributed by atoms with Crippen molar-refractivity contribution in [3.8, 4) is 33.5 Å². The maximum absolute atomic E-state index is 15.4. The second-order valence-electron chi connectivity index (χ2n) is 19.2. The van der Waals surface area contributed by atoms with E-state index in [4.69, 9.17) is 21.7 Å². The molecule has 7 rings (SSSR count). The number of anilines is 2. The predicted octanol–water partition coefficient (Wildman–Crippen LogP) is 8.11. The van der Waals surface area contributed by atoms with Crippen LogP contribution in [-0.4, -0.2) is 98.8 Å². The number of likely N-dealkylation sites (tertiary alicyclic amines) is 1. The van der Waals surface area contributed by atoms with Gasteiger partial charge in [-0.05, 0) is 111 Å². The number of aliphatic hydroxyl groups is 1. The van der Waals surface area contributed by atoms with Crippen LogP contribution in [0.15, 0.2) is 84.5 Å². The first kappa shape index (κ1) is 53.9. The number of unbranched alkanes of at least 4 members (excludes halogenated alkanes) is 1. The van der Waals surface area contributed by atoms with Crippen LogP contribution in [0.3, 0.4) is 0 Å². The highest BCUT2D eigenvalue weighted by Gasteiger charge is 2.52. The van der Waals surface area contributed by atoms with Gasteiger partial charge in [0.1, 0.15) is 35.5 Å². The zero-order chi connectivity index (χ0) is 53.0. The molecule has 3 atom stereocenters. The van der Waals surface area contributed by atoms with E-state index in [0.717, 1.165) is 39.4 Å². The normalized spacial score (nSPS) is 17.2. The number of β-amino-alcohol motifs (C(OH)–C–C–N with tert-alkyl or cyclic N) is 1. The Morgan fingerprint density at radius 3 is 2.29 bits per heavy atom. The van der Waals surface area contributed by atoms with Crippen LogP contribution in [0.25, 0.3) is 21.7 Å². The lowest BCUT2D eigenvalue weighted by Crippen LogP contribution is -2.58. The number of amides is 4. The van der Waals surface area contributed by atoms with Crippen LogP contribution in [0.4, 0.5) is 28.9 Å². The molecule has 4 amide bonds. The molecule has 2 fully saturated rings. The minimum Gasteiger partial charge on any atom is -0.494 e. The molecule has 2 aromatic heterocycles. The Morgan fingerprint density at radius 1 is 0.986 bits per heavy atom. The van der Waals surface area contributed by atoms with Crippen molar-refractivity contribution in [1.29, 1.82) is 5.26 Å². The molecule has 5 aromatic rings. The lowest BCUT2D eigenvalue weighted by atomic mass is 9.85. The first-order chi connectivity index (χ1) is 34.5. The van der Waals surface area contributed by atoms with Crippen molar-refractivity contribution in [2.75, 3.05) is 36.2 Å². The van der Waals surface area contributed by atoms with Gasteiger partial charge in [0.25, 0.3) is 5.91 Å². The average Bonchev–Trinajstić information content (AvgIpc) is 4.01. The maximum Gasteiger partial charge on any atom is 0.420 e. The van der Waals surface area contributed by atoms with Crippen molar-refractivity contribution in [3.63, 3.8) is 0 Å². The van der Waals surface area contributed by atoms with E-state index in [1.807, 2.05) is 31.2 Å². The summed E-state index contributed by atoms with van der Waals surface area (Å²) in [5, 5.41) is 25.2. The molecular weight excluding hydrogens is 989 g/mol. The Kier molecular flexibility index (Phi) is 16.3. The molecule has 2 aliphatic rings. The minimum absolute atomic E-state index is 0.0468. The topological polar surface area (TPSA) is 190 Å². The molecule has 0 aliphatic carbocycles. The summed E-state index contributed by atoms with van der Waals surface area (Å²) in [5.41, 5.74) is 0.630. The predicted molar refractivity (Wildman–Crippen MR) is 270 cm³/mol. The number of rotatable bonds is 17. The van der Waals surface area contributed by atoms with Gasteiger partial charge in [-0.1, -0.05) is 45.0 Å². The molecule has 3 N–H and O–H groups in total. The van der Waals surface area contributed by atoms with Gasteiger partial charge in [-0.25, -0.2) is 9.37 Å². The van der Waals surface area contributed by atoms with E-state index in [9.17, 15) is 42.7 Å². The van der Waals surface area contributed by atoms with Crippen LogP contribution in [-0.2, 0) is 36.6 Å². The fraction of sp³-hybridized carbons (Fsp3) is 0.385. The molecule has 2 saturated heterocycles. The van der Waals surface area contributed by atoms with E-state index < -0.39 is 81.6 Å². The quantitative estimate of drug-likeness (QED) is 0.0462. The number of nitrogens with one attached hydrogen (secondary N) is 2. The minimum atomic E-state index is -5.20. The number of thiocarbonyl (C=S) groups is 1. The van der Waals surface area contributed by atoms with Gasteiger partial charge in [-0.2, -0.15) is 18.4 Å². The summed E-state index contributed by atoms with van der Waals surface area (Å²) in [6.45, 7) is 10.9. The lowest BCUT2D eigenvalue weighted by molar-refractivity contribution is -0.144. The second kappa shape index (κ2) is 22.1. The summed E-state index contributed by atoms with van der Waals surface area (Å²) in [6.07, 6.45) is -3.42. The lowest BCUT2D eigenvalue weighted by Gasteiger charge is -2.35. The fourth-order valence-electron chi connectivity index (χ4n) is 8.60. The highest BCUT2D eigenvalue weighted by atomic mass is 32.1. The van der Waals surface area contributed by atoms with E-state index in [2.05, 4.69) is 20.6 Å². The summed E-state index contributed by atoms with van der Waals surface area (Å²) in [5.74, 6) is -3.35. The van der Waals surface area contributed by atoms with Crippen molar-refractivity contribution < 1.29 is 51.3 Å². The highest BCUT2D eigenvalue weighted by Crippen LogP contribution is 2.42. The molecule has 2 aliphatic heterocycles. The SMILES string of the molecule is Cc1ncsc1-c1ccc(CNC(=O)[C@@H]2C[C@@H](O)CN2C(=O)[C@@H](NC(=O)COCCCCOc2ccc(-c3ccc(N4C(=S)N(c5ccc(C#N)c(C(F)(F)F)c5F)C(=O)C4(C)C)cn3)cc2)C(C)(C)C)cc1. The summed E-state index contributed by atoms with van der Waals surface area (Å²) >= 11 is 7.09. The number of benzene rings is 3. The molecule has 15 nitrogen and oxygen atoms in total. The third-order valence-corrected chi connectivity index (χ3v) is 13.8. The van der Waals surface area contributed by atoms with E-state index >= 15 is 4.39 Å². The van der Waals surface area contributed by atoms with Crippen LogP contribution in [0.5, 0.6) is 5.75 Å². The number of ether oxygens (including phenoxy) is 2. The number of aryl methyl sites for hydroxylation is 1. The monoisotopic (exact) mass is 1040 g/mol. The third kappa shape index (κ3) is 12.0. The van der Waals surface area contributed by atoms with E-state index in [1.54, 1.807) is 74.0 Å². The van der Waals surface area contributed by atoms with Crippen molar-refractivity contribution in [1.82, 2.24) is 25.5 Å². The number of pyridine rings is 1. The smallest absolute Gasteiger partial charge is 0.420 e. The van der Waals surface area contributed by atoms with Crippen molar-refractivity contribution in [2.45, 2.75) is 97.3 Å². The highest BCUT2D eigenvalue weighted by molar-refractivity contribution is 7.81. The van der Waals surface area contributed by atoms with Crippen LogP contribution >= 0.6 is 23.6 Å². The number of hydrogen-bond acceptors (Lipinski definition) is 12. The van der Waals surface area contributed by atoms with E-state index in [1.165, 1.54) is 35.9 Å². The molecule has 0 bridgehead atoms. The van der Waals surface area contributed by atoms with Crippen LogP contribution in [0.1, 0.15) is 76.3 Å². The molecule has 0 unspecified atom stereocenters. The van der Waals surface area contributed by atoms with Gasteiger partial charge in [0.05, 0.1) is 63.7 Å². The number of carbonyl (C=O) groups is 4. The van der Waals surface area contributed by atoms with Gasteiger partial charge in [0, 0.05) is 31.7 Å². The Hall–Kier alpha value is -6.86. The average molecular weight is 1040 g/mol. The summed E-state index contributed by atoms with van der Waals surface area (Å²) < 4.78 is 68.3. The summed E-state index contributed by atoms with van der Waals surface area (Å²) in [4.78, 5) is 67.4. The zero-order valence-electron chi connectivity index (χ0n) is 40.9. The fourth-order valence-corrected chi connectivity index (χ4v) is 9.93. The molecule has 4 heterocycles. The van der Waals surface area contributed by atoms with Gasteiger partial charge in [0.2, 0.25) is 17.7 Å². The first-order valence-electron chi connectivity index (χ1n) is 23.3. The Bertz CT molecular complexity index is 2900. The van der Waals surface area contributed by atoms with Crippen LogP contribution in [0, 0.1) is 29.5 Å². The second-order valence-corrected chi connectivity index (χ2v) is 20.4. The first-order valence-corrected chi connectivity index (χ1v) is 24.6. The standard InChI is InChI=1S/C52H54F4N8O7S2/c1-30-44(73-29-60-30)33-11-9-31(10-12-33)25-59-46(67)40-23-36(65)27-62(40)47(68)45(50(2,3)4)61-41(66)28-70-21-7-8-22-71-37-17-13-32(14-18-37)38-19-16-35(26-58-38)64-49(72)63(48(69)51(64,5)6)39-20-15-34(24-57)42(43(39)53)52(54,55)56/h9-20,26,29,36,40,45,65H,7-8,21-23,25,27-28H2,1-6H3,(H,59,67)(H,61,66)/t36-,40+,45-/m1/s1. The van der Waals surface area contributed by atoms with Gasteiger partial charge in [0.15, 0.2) is 10.9 Å². The summed E-state index contributed by atoms with van der Waals surface area (Å²) in [6, 6.07) is 19.4. The van der Waals surface area contributed by atoms with E-state index in [0.29, 0.717) is 41.5 Å². The molecule has 21 heteroatoms. The number of thiazole rings is 1. The van der Waals surface area contributed by atoms with Gasteiger partial charge >= 0.3 is 6.18 Å². The maximum atomic E-state index is 15.4. The number of nitriles is 1. The zero-order valence-corrected chi connectivity index (χ0v) is 42.5. The molecule has 0 radical (unpaired) electrons. The van der Waals surface area contributed by atoms with E-state index in [-0.39, 0.29) is 37.8 Å². The summed E-state index contributed by atoms with van der Waals surface area (Å²) in [7, 11) is 0. The number of alkyl halides is 3. The van der Waals surface area contributed by atoms with Crippen molar-refractivity contribution in [3.05, 3.63) is 113 Å². The number of nitrogens with zero attached hydrogens (tertiary/aromatic N) is 6. The van der Waals surface area contributed by atoms with Crippen molar-refractivity contribution >= 4 is 63.7 Å². The van der Waals surface area contributed by atoms with Gasteiger partial charge < -0.3 is 35.0 Å². The van der Waals surface area contributed by atoms with Crippen LogP contribution in [0.2, 0.25) is 0 Å². The molecule has 384 valence electrons. The molecule has 0 spiro atoms. The Morgan fingerprint density at radius 2 is 1.67 bits per heavy atom. The van der Waals surface area contributed by atoms with Gasteiger partial charge in [-0.3, -0.25) is 29.1 Å². The molecule has 0 saturated carbocycles. The molecule has 73 heavy (non-hydrogen) atoms. The molecular formula is C52H54F4N8O7S2. The number of halogens is 4. The number of aliphatic hydroxyl groups excluding tert-OH is 1.